The van der Waals surface area contributed by atoms with Gasteiger partial charge < -0.3 is 5.11 Å². The SMILES string of the molecule is O=C(O)C1CCCCCCN1C(C1CC1)C1CC1. The standard InChI is InChI=1S/C15H25NO2/c17-15(18)13-5-3-1-2-4-10-16(13)14(11-6-7-11)12-8-9-12/h11-14H,1-10H2,(H,17,18). The lowest BCUT2D eigenvalue weighted by Gasteiger charge is -2.38. The van der Waals surface area contributed by atoms with Crippen LogP contribution in [-0.2, 0) is 4.79 Å². The Morgan fingerprint density at radius 3 is 2.11 bits per heavy atom. The summed E-state index contributed by atoms with van der Waals surface area (Å²) in [7, 11) is 0. The predicted molar refractivity (Wildman–Crippen MR) is 70.5 cm³/mol. The summed E-state index contributed by atoms with van der Waals surface area (Å²) >= 11 is 0. The summed E-state index contributed by atoms with van der Waals surface area (Å²) in [6, 6.07) is 0.403. The van der Waals surface area contributed by atoms with Crippen molar-refractivity contribution in [1.82, 2.24) is 4.90 Å². The maximum Gasteiger partial charge on any atom is 0.320 e. The van der Waals surface area contributed by atoms with Gasteiger partial charge in [0.05, 0.1) is 0 Å². The van der Waals surface area contributed by atoms with E-state index in [1.807, 2.05) is 0 Å². The maximum absolute atomic E-state index is 11.6. The van der Waals surface area contributed by atoms with Crippen LogP contribution in [0.15, 0.2) is 0 Å². The molecule has 0 aromatic carbocycles. The number of carbonyl (C=O) groups is 1. The lowest BCUT2D eigenvalue weighted by molar-refractivity contribution is -0.145. The smallest absolute Gasteiger partial charge is 0.320 e. The van der Waals surface area contributed by atoms with Gasteiger partial charge in [-0.15, -0.1) is 0 Å². The molecule has 3 rings (SSSR count). The fourth-order valence-corrected chi connectivity index (χ4v) is 3.73. The third-order valence-corrected chi connectivity index (χ3v) is 4.92. The highest BCUT2D eigenvalue weighted by Gasteiger charge is 2.47. The van der Waals surface area contributed by atoms with Crippen LogP contribution in [0.4, 0.5) is 0 Å². The van der Waals surface area contributed by atoms with E-state index in [0.717, 1.165) is 31.2 Å². The molecule has 0 aromatic heterocycles. The average Bonchev–Trinajstić information content (AvgIpc) is 3.14. The molecule has 0 aromatic rings. The van der Waals surface area contributed by atoms with Gasteiger partial charge >= 0.3 is 5.97 Å². The van der Waals surface area contributed by atoms with E-state index < -0.39 is 5.97 Å². The van der Waals surface area contributed by atoms with Crippen LogP contribution in [-0.4, -0.2) is 34.6 Å². The van der Waals surface area contributed by atoms with E-state index >= 15 is 0 Å². The molecular formula is C15H25NO2. The average molecular weight is 251 g/mol. The Balaban J connectivity index is 1.75. The molecule has 18 heavy (non-hydrogen) atoms. The number of aliphatic carboxylic acids is 1. The van der Waals surface area contributed by atoms with Crippen LogP contribution in [0.2, 0.25) is 0 Å². The van der Waals surface area contributed by atoms with Gasteiger partial charge in [0.15, 0.2) is 0 Å². The molecule has 1 saturated heterocycles. The van der Waals surface area contributed by atoms with E-state index in [0.29, 0.717) is 6.04 Å². The van der Waals surface area contributed by atoms with Crippen molar-refractivity contribution in [2.24, 2.45) is 11.8 Å². The molecule has 0 bridgehead atoms. The highest BCUT2D eigenvalue weighted by molar-refractivity contribution is 5.73. The minimum absolute atomic E-state index is 0.198. The van der Waals surface area contributed by atoms with Gasteiger partial charge in [0.1, 0.15) is 6.04 Å². The Kier molecular flexibility index (Phi) is 3.60. The Labute approximate surface area is 110 Å². The molecule has 2 saturated carbocycles. The van der Waals surface area contributed by atoms with Crippen LogP contribution in [0.1, 0.15) is 57.8 Å². The topological polar surface area (TPSA) is 40.5 Å². The van der Waals surface area contributed by atoms with Crippen LogP contribution in [0.25, 0.3) is 0 Å². The molecule has 0 spiro atoms. The molecule has 0 amide bonds. The fourth-order valence-electron chi connectivity index (χ4n) is 3.73. The van der Waals surface area contributed by atoms with Gasteiger partial charge in [0.2, 0.25) is 0 Å². The minimum atomic E-state index is -0.580. The van der Waals surface area contributed by atoms with Crippen LogP contribution >= 0.6 is 0 Å². The summed E-state index contributed by atoms with van der Waals surface area (Å²) in [5.74, 6) is 1.06. The second kappa shape index (κ2) is 5.20. The minimum Gasteiger partial charge on any atom is -0.480 e. The van der Waals surface area contributed by atoms with Crippen molar-refractivity contribution in [2.45, 2.75) is 69.9 Å². The Morgan fingerprint density at radius 1 is 0.944 bits per heavy atom. The van der Waals surface area contributed by atoms with E-state index in [9.17, 15) is 9.90 Å². The number of nitrogens with zero attached hydrogens (tertiary/aromatic N) is 1. The fraction of sp³-hybridized carbons (Fsp3) is 0.933. The lowest BCUT2D eigenvalue weighted by Crippen LogP contribution is -2.50. The van der Waals surface area contributed by atoms with Crippen molar-refractivity contribution in [3.05, 3.63) is 0 Å². The van der Waals surface area contributed by atoms with E-state index in [4.69, 9.17) is 0 Å². The van der Waals surface area contributed by atoms with Crippen molar-refractivity contribution in [3.8, 4) is 0 Å². The Hall–Kier alpha value is -0.570. The number of likely N-dealkylation sites (tertiary alicyclic amines) is 1. The van der Waals surface area contributed by atoms with Gasteiger partial charge in [-0.05, 0) is 56.9 Å². The van der Waals surface area contributed by atoms with Gasteiger partial charge in [-0.1, -0.05) is 19.3 Å². The number of carboxylic acid groups (broad SMARTS) is 1. The summed E-state index contributed by atoms with van der Waals surface area (Å²) in [5.41, 5.74) is 0. The molecule has 3 aliphatic rings. The van der Waals surface area contributed by atoms with E-state index in [2.05, 4.69) is 4.90 Å². The van der Waals surface area contributed by atoms with Gasteiger partial charge in [-0.25, -0.2) is 0 Å². The first-order valence-electron chi connectivity index (χ1n) is 7.76. The molecule has 3 heteroatoms. The molecule has 1 N–H and O–H groups in total. The molecule has 1 unspecified atom stereocenters. The van der Waals surface area contributed by atoms with Crippen molar-refractivity contribution < 1.29 is 9.90 Å². The first kappa shape index (κ1) is 12.5. The number of carboxylic acids is 1. The van der Waals surface area contributed by atoms with Crippen molar-refractivity contribution in [1.29, 1.82) is 0 Å². The lowest BCUT2D eigenvalue weighted by atomic mass is 9.96. The molecule has 0 radical (unpaired) electrons. The van der Waals surface area contributed by atoms with Gasteiger partial charge in [0, 0.05) is 6.04 Å². The van der Waals surface area contributed by atoms with Crippen molar-refractivity contribution >= 4 is 5.97 Å². The summed E-state index contributed by atoms with van der Waals surface area (Å²) in [6.45, 7) is 1.02. The van der Waals surface area contributed by atoms with E-state index in [1.54, 1.807) is 0 Å². The normalized spacial score (nSPS) is 31.1. The van der Waals surface area contributed by atoms with Crippen molar-refractivity contribution in [2.75, 3.05) is 6.54 Å². The zero-order valence-corrected chi connectivity index (χ0v) is 11.2. The number of hydrogen-bond donors (Lipinski definition) is 1. The third-order valence-electron chi connectivity index (χ3n) is 4.92. The first-order valence-corrected chi connectivity index (χ1v) is 7.76. The van der Waals surface area contributed by atoms with E-state index in [1.165, 1.54) is 44.9 Å². The molecule has 1 atom stereocenters. The predicted octanol–water partition coefficient (Wildman–Crippen LogP) is 2.89. The quantitative estimate of drug-likeness (QED) is 0.835. The molecule has 3 fully saturated rings. The first-order chi connectivity index (χ1) is 8.77. The number of rotatable bonds is 4. The summed E-state index contributed by atoms with van der Waals surface area (Å²) in [6.07, 6.45) is 11.0. The molecule has 102 valence electrons. The molecule has 3 nitrogen and oxygen atoms in total. The monoisotopic (exact) mass is 251 g/mol. The van der Waals surface area contributed by atoms with Crippen LogP contribution in [0.3, 0.4) is 0 Å². The van der Waals surface area contributed by atoms with Crippen LogP contribution < -0.4 is 0 Å². The highest BCUT2D eigenvalue weighted by Crippen LogP contribution is 2.48. The van der Waals surface area contributed by atoms with Gasteiger partial charge in [-0.2, -0.15) is 0 Å². The van der Waals surface area contributed by atoms with Gasteiger partial charge in [-0.3, -0.25) is 9.69 Å². The van der Waals surface area contributed by atoms with Crippen LogP contribution in [0.5, 0.6) is 0 Å². The highest BCUT2D eigenvalue weighted by atomic mass is 16.4. The second-order valence-electron chi connectivity index (χ2n) is 6.46. The molecule has 1 heterocycles. The van der Waals surface area contributed by atoms with Crippen LogP contribution in [0, 0.1) is 11.8 Å². The maximum atomic E-state index is 11.6. The Bertz CT molecular complexity index is 298. The van der Waals surface area contributed by atoms with Gasteiger partial charge in [0.25, 0.3) is 0 Å². The van der Waals surface area contributed by atoms with Crippen molar-refractivity contribution in [3.63, 3.8) is 0 Å². The Morgan fingerprint density at radius 2 is 1.56 bits per heavy atom. The summed E-state index contributed by atoms with van der Waals surface area (Å²) in [4.78, 5) is 14.0. The number of hydrogen-bond acceptors (Lipinski definition) is 2. The molecular weight excluding hydrogens is 226 g/mol. The zero-order chi connectivity index (χ0) is 12.5. The summed E-state index contributed by atoms with van der Waals surface area (Å²) < 4.78 is 0. The second-order valence-corrected chi connectivity index (χ2v) is 6.46. The summed E-state index contributed by atoms with van der Waals surface area (Å²) in [5, 5.41) is 9.54. The molecule has 1 aliphatic heterocycles. The third kappa shape index (κ3) is 2.71. The van der Waals surface area contributed by atoms with E-state index in [-0.39, 0.29) is 6.04 Å². The molecule has 2 aliphatic carbocycles. The largest absolute Gasteiger partial charge is 0.480 e. The zero-order valence-electron chi connectivity index (χ0n) is 11.2.